The number of fused-ring (bicyclic) bond motifs is 19. The molecule has 0 atom stereocenters. The SMILES string of the molecule is [2H]C(C)(C)c1c(-c2ccc3c(c2)-c2ccccc2-c2ccccc2-c2ccccc2-3)cccc1-c1ccc2c(c1)-c1ccc(C#N)cc1-c1ccccc1-c1cc(-c3cccc4c3oc3ccccc34)ccc1-2. The lowest BCUT2D eigenvalue weighted by Gasteiger charge is -2.26. The van der Waals surface area contributed by atoms with Gasteiger partial charge in [-0.2, -0.15) is 5.26 Å². The number of para-hydroxylation sites is 2. The van der Waals surface area contributed by atoms with Gasteiger partial charge in [0.1, 0.15) is 11.2 Å². The molecule has 336 valence electrons. The lowest BCUT2D eigenvalue weighted by molar-refractivity contribution is 0.670. The number of furan rings is 1. The first-order chi connectivity index (χ1) is 35.8. The Balaban J connectivity index is 0.972. The largest absolute Gasteiger partial charge is 0.455 e. The van der Waals surface area contributed by atoms with Crippen LogP contribution in [-0.4, -0.2) is 0 Å². The fourth-order valence-corrected chi connectivity index (χ4v) is 11.9. The maximum atomic E-state index is 10.3. The Bertz CT molecular complexity index is 4320. The predicted molar refractivity (Wildman–Crippen MR) is 299 cm³/mol. The predicted octanol–water partition coefficient (Wildman–Crippen LogP) is 19.5. The van der Waals surface area contributed by atoms with Gasteiger partial charge in [0.15, 0.2) is 0 Å². The topological polar surface area (TPSA) is 36.9 Å². The van der Waals surface area contributed by atoms with E-state index in [4.69, 9.17) is 4.42 Å². The summed E-state index contributed by atoms with van der Waals surface area (Å²) in [7, 11) is 0. The second-order valence-electron chi connectivity index (χ2n) is 19.3. The normalized spacial score (nSPS) is 12.2. The molecule has 2 nitrogen and oxygen atoms in total. The molecule has 0 saturated heterocycles. The molecule has 2 aliphatic carbocycles. The summed E-state index contributed by atoms with van der Waals surface area (Å²) in [6.07, 6.45) is 0. The summed E-state index contributed by atoms with van der Waals surface area (Å²) in [6, 6.07) is 85.1. The van der Waals surface area contributed by atoms with Crippen molar-refractivity contribution in [2.45, 2.75) is 19.7 Å². The van der Waals surface area contributed by atoms with Crippen LogP contribution < -0.4 is 0 Å². The molecule has 0 spiro atoms. The Hall–Kier alpha value is -9.29. The van der Waals surface area contributed by atoms with E-state index in [0.717, 1.165) is 105 Å². The number of hydrogen-bond donors (Lipinski definition) is 0. The molecule has 11 aromatic carbocycles. The second kappa shape index (κ2) is 16.4. The molecular formula is C70H45NO. The van der Waals surface area contributed by atoms with Gasteiger partial charge in [-0.15, -0.1) is 0 Å². The third kappa shape index (κ3) is 6.41. The van der Waals surface area contributed by atoms with Crippen LogP contribution in [0.15, 0.2) is 235 Å². The number of hydrogen-bond acceptors (Lipinski definition) is 2. The number of nitrogens with zero attached hydrogens (tertiary/aromatic N) is 1. The molecule has 0 unspecified atom stereocenters. The first-order valence-corrected chi connectivity index (χ1v) is 24.7. The number of benzene rings is 11. The maximum Gasteiger partial charge on any atom is 0.143 e. The van der Waals surface area contributed by atoms with E-state index in [1.807, 2.05) is 38.1 Å². The molecule has 0 radical (unpaired) electrons. The van der Waals surface area contributed by atoms with Crippen molar-refractivity contribution >= 4 is 21.9 Å². The molecule has 2 aliphatic rings. The number of nitriles is 1. The van der Waals surface area contributed by atoms with Crippen LogP contribution in [0.5, 0.6) is 0 Å². The molecule has 0 amide bonds. The lowest BCUT2D eigenvalue weighted by atomic mass is 9.78. The van der Waals surface area contributed by atoms with Gasteiger partial charge in [0, 0.05) is 17.7 Å². The highest BCUT2D eigenvalue weighted by atomic mass is 16.3. The van der Waals surface area contributed by atoms with Gasteiger partial charge >= 0.3 is 0 Å². The molecule has 1 aromatic heterocycles. The summed E-state index contributed by atoms with van der Waals surface area (Å²) in [5.41, 5.74) is 27.7. The van der Waals surface area contributed by atoms with Crippen molar-refractivity contribution in [2.75, 3.05) is 0 Å². The highest BCUT2D eigenvalue weighted by molar-refractivity contribution is 6.11. The summed E-state index contributed by atoms with van der Waals surface area (Å²) < 4.78 is 16.5. The fourth-order valence-electron chi connectivity index (χ4n) is 11.9. The van der Waals surface area contributed by atoms with Crippen molar-refractivity contribution in [1.29, 1.82) is 5.26 Å². The summed E-state index contributed by atoms with van der Waals surface area (Å²) in [4.78, 5) is 0. The molecule has 0 bridgehead atoms. The van der Waals surface area contributed by atoms with Gasteiger partial charge in [0.05, 0.1) is 11.6 Å². The van der Waals surface area contributed by atoms with E-state index >= 15 is 0 Å². The Morgan fingerprint density at radius 2 is 0.667 bits per heavy atom. The van der Waals surface area contributed by atoms with Crippen LogP contribution in [0.25, 0.3) is 144 Å². The molecule has 0 N–H and O–H groups in total. The highest BCUT2D eigenvalue weighted by Gasteiger charge is 2.27. The van der Waals surface area contributed by atoms with Crippen LogP contribution in [0.1, 0.15) is 32.2 Å². The monoisotopic (exact) mass is 916 g/mol. The quantitative estimate of drug-likeness (QED) is 0.176. The average Bonchev–Trinajstić information content (AvgIpc) is 3.82. The minimum absolute atomic E-state index is 0.606. The van der Waals surface area contributed by atoms with Crippen molar-refractivity contribution in [1.82, 2.24) is 0 Å². The van der Waals surface area contributed by atoms with Crippen molar-refractivity contribution in [2.24, 2.45) is 0 Å². The van der Waals surface area contributed by atoms with Gasteiger partial charge in [-0.25, -0.2) is 0 Å². The maximum absolute atomic E-state index is 10.3. The van der Waals surface area contributed by atoms with E-state index in [2.05, 4.69) is 212 Å². The van der Waals surface area contributed by atoms with Crippen LogP contribution in [0.2, 0.25) is 0 Å². The molecule has 0 aliphatic heterocycles. The molecule has 0 saturated carbocycles. The molecule has 14 rings (SSSR count). The molecule has 72 heavy (non-hydrogen) atoms. The first-order valence-electron chi connectivity index (χ1n) is 25.2. The van der Waals surface area contributed by atoms with Crippen molar-refractivity contribution in [3.63, 3.8) is 0 Å². The third-order valence-corrected chi connectivity index (χ3v) is 15.1. The average molecular weight is 917 g/mol. The minimum atomic E-state index is -0.978. The lowest BCUT2D eigenvalue weighted by Crippen LogP contribution is -2.01. The van der Waals surface area contributed by atoms with Gasteiger partial charge in [0.25, 0.3) is 0 Å². The summed E-state index contributed by atoms with van der Waals surface area (Å²) in [5, 5.41) is 12.5. The van der Waals surface area contributed by atoms with Crippen LogP contribution in [0.4, 0.5) is 0 Å². The Kier molecular flexibility index (Phi) is 9.25. The van der Waals surface area contributed by atoms with Crippen LogP contribution in [0.3, 0.4) is 0 Å². The van der Waals surface area contributed by atoms with E-state index in [-0.39, 0.29) is 0 Å². The fraction of sp³-hybridized carbons (Fsp3) is 0.0429. The minimum Gasteiger partial charge on any atom is -0.455 e. The van der Waals surface area contributed by atoms with Crippen LogP contribution in [0, 0.1) is 11.3 Å². The standard InChI is InChI=1S/C70H45NO/c1-42(2)69-47(44-30-34-58-54-19-6-5-17-52(54)50-15-3-4-16-51(50)53-18-7-8-20-55(53)65(58)38-44)24-13-25-48(69)45-31-35-60-59-36-32-46(49-26-14-27-63-62-23-11-12-28-68(62)72-70(49)63)40-66(59)57-22-10-9-21-56(57)64-37-43(41-71)29-33-61(64)67(60)39-45/h3-40,42H,1-2H3/i42D. The van der Waals surface area contributed by atoms with Gasteiger partial charge < -0.3 is 4.42 Å². The molecule has 1 heterocycles. The van der Waals surface area contributed by atoms with Gasteiger partial charge in [0.2, 0.25) is 0 Å². The smallest absolute Gasteiger partial charge is 0.143 e. The van der Waals surface area contributed by atoms with Crippen molar-refractivity contribution in [3.05, 3.63) is 242 Å². The van der Waals surface area contributed by atoms with Gasteiger partial charge in [-0.3, -0.25) is 0 Å². The first kappa shape index (κ1) is 40.6. The van der Waals surface area contributed by atoms with E-state index in [1.165, 1.54) is 44.5 Å². The second-order valence-corrected chi connectivity index (χ2v) is 19.3. The zero-order valence-electron chi connectivity index (χ0n) is 40.8. The van der Waals surface area contributed by atoms with Crippen LogP contribution >= 0.6 is 0 Å². The third-order valence-electron chi connectivity index (χ3n) is 15.1. The van der Waals surface area contributed by atoms with Crippen molar-refractivity contribution in [3.8, 4) is 128 Å². The van der Waals surface area contributed by atoms with E-state index in [9.17, 15) is 6.63 Å². The van der Waals surface area contributed by atoms with E-state index in [1.54, 1.807) is 0 Å². The summed E-state index contributed by atoms with van der Waals surface area (Å²) >= 11 is 0. The van der Waals surface area contributed by atoms with Gasteiger partial charge in [-0.1, -0.05) is 208 Å². The summed E-state index contributed by atoms with van der Waals surface area (Å²) in [5.74, 6) is -0.978. The molecule has 0 fully saturated rings. The molecule has 2 heteroatoms. The molecule has 12 aromatic rings. The Labute approximate surface area is 420 Å². The zero-order chi connectivity index (χ0) is 49.0. The van der Waals surface area contributed by atoms with Crippen LogP contribution in [-0.2, 0) is 0 Å². The van der Waals surface area contributed by atoms with Crippen molar-refractivity contribution < 1.29 is 5.79 Å². The van der Waals surface area contributed by atoms with Gasteiger partial charge in [-0.05, 0) is 165 Å². The summed E-state index contributed by atoms with van der Waals surface area (Å²) in [6.45, 7) is 4.02. The number of rotatable bonds is 4. The Morgan fingerprint density at radius 1 is 0.333 bits per heavy atom. The molecular weight excluding hydrogens is 871 g/mol. The Morgan fingerprint density at radius 3 is 1.14 bits per heavy atom. The zero-order valence-corrected chi connectivity index (χ0v) is 39.8. The van der Waals surface area contributed by atoms with E-state index in [0.29, 0.717) is 5.56 Å². The van der Waals surface area contributed by atoms with E-state index < -0.39 is 5.89 Å². The highest BCUT2D eigenvalue weighted by Crippen LogP contribution is 2.52.